The topological polar surface area (TPSA) is 83.8 Å². The van der Waals surface area contributed by atoms with Gasteiger partial charge in [-0.3, -0.25) is 4.99 Å². The van der Waals surface area contributed by atoms with Crippen LogP contribution in [0.2, 0.25) is 5.02 Å². The number of aromatic nitrogens is 1. The van der Waals surface area contributed by atoms with Crippen molar-refractivity contribution in [3.05, 3.63) is 62.5 Å². The van der Waals surface area contributed by atoms with Crippen molar-refractivity contribution in [3.63, 3.8) is 0 Å². The second kappa shape index (κ2) is 11.6. The van der Waals surface area contributed by atoms with Crippen LogP contribution in [0, 0.1) is 5.82 Å². The first-order valence-electron chi connectivity index (χ1n) is 9.81. The molecule has 1 unspecified atom stereocenters. The number of aliphatic imine (C=N–C) groups is 1. The average Bonchev–Trinajstić information content (AvgIpc) is 3.27. The normalized spacial score (nSPS) is 16.2. The zero-order valence-electron chi connectivity index (χ0n) is 16.6. The first-order valence-corrected chi connectivity index (χ1v) is 11.6. The zero-order valence-corrected chi connectivity index (χ0v) is 18.9. The maximum absolute atomic E-state index is 13.6. The Hall–Kier alpha value is -2.00. The monoisotopic (exact) mass is 485 g/mol. The number of hydrogen-bond acceptors (Lipinski definition) is 6. The van der Waals surface area contributed by atoms with Crippen LogP contribution in [-0.2, 0) is 9.53 Å². The Balaban J connectivity index is 1.87. The molecular weight excluding hydrogens is 464 g/mol. The molecule has 0 bridgehead atoms. The standard InChI is InChI=1S/C21H22Cl2FN3O3S/c22-7-3-1-2-4-9-30-12-16-17(21(28)29)18(14-6-5-13(24)11-15(14)23)27-19(26-16)20-25-8-10-31-20/h5-6,8,10-11,18H,1-4,7,9,12H2,(H,26,27)(H,28,29). The van der Waals surface area contributed by atoms with Crippen LogP contribution in [0.15, 0.2) is 46.0 Å². The van der Waals surface area contributed by atoms with Gasteiger partial charge in [0.2, 0.25) is 0 Å². The molecule has 1 aromatic carbocycles. The van der Waals surface area contributed by atoms with Crippen molar-refractivity contribution in [2.45, 2.75) is 31.7 Å². The van der Waals surface area contributed by atoms with Crippen molar-refractivity contribution in [3.8, 4) is 0 Å². The van der Waals surface area contributed by atoms with E-state index in [9.17, 15) is 14.3 Å². The number of carboxylic acid groups (broad SMARTS) is 1. The number of aliphatic carboxylic acids is 1. The van der Waals surface area contributed by atoms with Gasteiger partial charge >= 0.3 is 5.97 Å². The summed E-state index contributed by atoms with van der Waals surface area (Å²) in [5.74, 6) is -0.594. The Morgan fingerprint density at radius 1 is 1.29 bits per heavy atom. The largest absolute Gasteiger partial charge is 0.478 e. The number of ether oxygens (including phenoxy) is 1. The number of amidine groups is 1. The molecule has 3 rings (SSSR count). The van der Waals surface area contributed by atoms with E-state index in [1.165, 1.54) is 23.5 Å². The molecule has 0 amide bonds. The van der Waals surface area contributed by atoms with Crippen LogP contribution in [0.5, 0.6) is 0 Å². The van der Waals surface area contributed by atoms with Crippen LogP contribution in [0.25, 0.3) is 0 Å². The van der Waals surface area contributed by atoms with Gasteiger partial charge in [-0.05, 0) is 25.0 Å². The highest BCUT2D eigenvalue weighted by Crippen LogP contribution is 2.36. The number of carboxylic acids is 1. The van der Waals surface area contributed by atoms with Gasteiger partial charge in [-0.25, -0.2) is 14.2 Å². The molecule has 2 aromatic rings. The minimum absolute atomic E-state index is 0.0101. The van der Waals surface area contributed by atoms with E-state index in [2.05, 4.69) is 15.3 Å². The smallest absolute Gasteiger partial charge is 0.335 e. The zero-order chi connectivity index (χ0) is 22.2. The third-order valence-corrected chi connectivity index (χ3v) is 6.04. The molecule has 1 aliphatic rings. The molecule has 1 aliphatic heterocycles. The van der Waals surface area contributed by atoms with E-state index < -0.39 is 17.8 Å². The van der Waals surface area contributed by atoms with E-state index in [1.807, 2.05) is 0 Å². The van der Waals surface area contributed by atoms with Crippen molar-refractivity contribution in [2.24, 2.45) is 4.99 Å². The number of unbranched alkanes of at least 4 members (excludes halogenated alkanes) is 3. The highest BCUT2D eigenvalue weighted by molar-refractivity contribution is 7.11. The van der Waals surface area contributed by atoms with E-state index >= 15 is 0 Å². The number of alkyl halides is 1. The Kier molecular flexibility index (Phi) is 8.83. The summed E-state index contributed by atoms with van der Waals surface area (Å²) < 4.78 is 19.3. The molecule has 0 radical (unpaired) electrons. The van der Waals surface area contributed by atoms with Gasteiger partial charge in [-0.2, -0.15) is 0 Å². The molecule has 0 aliphatic carbocycles. The van der Waals surface area contributed by atoms with E-state index in [-0.39, 0.29) is 17.2 Å². The number of rotatable bonds is 11. The lowest BCUT2D eigenvalue weighted by Gasteiger charge is -2.26. The van der Waals surface area contributed by atoms with Gasteiger partial charge in [0.25, 0.3) is 0 Å². The van der Waals surface area contributed by atoms with Gasteiger partial charge in [0, 0.05) is 34.6 Å². The first kappa shape index (κ1) is 23.7. The summed E-state index contributed by atoms with van der Waals surface area (Å²) in [5.41, 5.74) is 0.782. The van der Waals surface area contributed by atoms with Crippen molar-refractivity contribution < 1.29 is 19.0 Å². The van der Waals surface area contributed by atoms with E-state index in [0.717, 1.165) is 31.7 Å². The molecule has 1 aromatic heterocycles. The van der Waals surface area contributed by atoms with E-state index in [4.69, 9.17) is 27.9 Å². The lowest BCUT2D eigenvalue weighted by molar-refractivity contribution is -0.133. The summed E-state index contributed by atoms with van der Waals surface area (Å²) in [7, 11) is 0. The number of hydrogen-bond donors (Lipinski definition) is 2. The van der Waals surface area contributed by atoms with Crippen molar-refractivity contribution in [1.29, 1.82) is 0 Å². The highest BCUT2D eigenvalue weighted by Gasteiger charge is 2.33. The fourth-order valence-corrected chi connectivity index (χ4v) is 4.23. The third-order valence-electron chi connectivity index (χ3n) is 4.67. The first-order chi connectivity index (χ1) is 15.0. The van der Waals surface area contributed by atoms with E-state index in [1.54, 1.807) is 11.6 Å². The van der Waals surface area contributed by atoms with Crippen molar-refractivity contribution >= 4 is 46.3 Å². The quantitative estimate of drug-likeness (QED) is 0.338. The molecule has 1 atom stereocenters. The van der Waals surface area contributed by atoms with Crippen molar-refractivity contribution in [2.75, 3.05) is 19.1 Å². The molecule has 6 nitrogen and oxygen atoms in total. The average molecular weight is 486 g/mol. The summed E-state index contributed by atoms with van der Waals surface area (Å²) in [6, 6.07) is 2.91. The Labute approximate surface area is 193 Å². The van der Waals surface area contributed by atoms with Crippen LogP contribution >= 0.6 is 34.5 Å². The summed E-state index contributed by atoms with van der Waals surface area (Å²) in [4.78, 5) is 21.0. The molecule has 0 saturated heterocycles. The Bertz CT molecular complexity index is 967. The number of halogens is 3. The summed E-state index contributed by atoms with van der Waals surface area (Å²) >= 11 is 13.3. The molecule has 0 fully saturated rings. The molecule has 31 heavy (non-hydrogen) atoms. The van der Waals surface area contributed by atoms with Crippen LogP contribution in [-0.4, -0.2) is 41.0 Å². The lowest BCUT2D eigenvalue weighted by atomic mass is 9.95. The molecule has 166 valence electrons. The van der Waals surface area contributed by atoms with Gasteiger partial charge in [0.15, 0.2) is 10.8 Å². The lowest BCUT2D eigenvalue weighted by Crippen LogP contribution is -2.35. The minimum Gasteiger partial charge on any atom is -0.478 e. The second-order valence-corrected chi connectivity index (χ2v) is 8.54. The third kappa shape index (κ3) is 6.26. The molecule has 2 heterocycles. The number of nitrogens with one attached hydrogen (secondary N) is 1. The molecular formula is C21H22Cl2FN3O3S. The number of carbonyl (C=O) groups is 1. The maximum atomic E-state index is 13.6. The summed E-state index contributed by atoms with van der Waals surface area (Å²) in [6.45, 7) is 0.558. The molecule has 2 N–H and O–H groups in total. The van der Waals surface area contributed by atoms with E-state index in [0.29, 0.717) is 34.6 Å². The maximum Gasteiger partial charge on any atom is 0.335 e. The fraction of sp³-hybridized carbons (Fsp3) is 0.381. The highest BCUT2D eigenvalue weighted by atomic mass is 35.5. The Morgan fingerprint density at radius 2 is 2.10 bits per heavy atom. The fourth-order valence-electron chi connectivity index (χ4n) is 3.18. The summed E-state index contributed by atoms with van der Waals surface area (Å²) in [6.07, 6.45) is 5.47. The van der Waals surface area contributed by atoms with Gasteiger partial charge in [0.1, 0.15) is 11.9 Å². The predicted molar refractivity (Wildman–Crippen MR) is 121 cm³/mol. The Morgan fingerprint density at radius 3 is 2.77 bits per heavy atom. The van der Waals surface area contributed by atoms with Crippen LogP contribution in [0.1, 0.15) is 42.3 Å². The van der Waals surface area contributed by atoms with Gasteiger partial charge in [0.05, 0.1) is 17.9 Å². The van der Waals surface area contributed by atoms with Crippen LogP contribution in [0.4, 0.5) is 4.39 Å². The molecule has 0 saturated carbocycles. The van der Waals surface area contributed by atoms with Gasteiger partial charge in [-0.15, -0.1) is 22.9 Å². The SMILES string of the molecule is O=C(O)C1=C(COCCCCCCCl)NC(c2nccs2)=NC1c1ccc(F)cc1Cl. The minimum atomic E-state index is -1.15. The summed E-state index contributed by atoms with van der Waals surface area (Å²) in [5, 5.41) is 15.5. The predicted octanol–water partition coefficient (Wildman–Crippen LogP) is 5.18. The van der Waals surface area contributed by atoms with Crippen molar-refractivity contribution in [1.82, 2.24) is 10.3 Å². The van der Waals surface area contributed by atoms with Crippen LogP contribution in [0.3, 0.4) is 0 Å². The number of thiazole rings is 1. The van der Waals surface area contributed by atoms with Gasteiger partial charge < -0.3 is 15.2 Å². The second-order valence-electron chi connectivity index (χ2n) is 6.86. The van der Waals surface area contributed by atoms with Crippen LogP contribution < -0.4 is 5.32 Å². The molecule has 10 heteroatoms. The molecule has 0 spiro atoms. The number of benzene rings is 1. The van der Waals surface area contributed by atoms with Gasteiger partial charge in [-0.1, -0.05) is 30.5 Å². The number of nitrogens with zero attached hydrogens (tertiary/aromatic N) is 2.